The molecule has 4 nitrogen and oxygen atoms in total. The van der Waals surface area contributed by atoms with Gasteiger partial charge in [-0.1, -0.05) is 11.6 Å². The zero-order valence-electron chi connectivity index (χ0n) is 10.3. The van der Waals surface area contributed by atoms with E-state index in [1.807, 2.05) is 6.92 Å². The molecule has 0 saturated carbocycles. The highest BCUT2D eigenvalue weighted by Crippen LogP contribution is 2.17. The van der Waals surface area contributed by atoms with Gasteiger partial charge in [0.2, 0.25) is 0 Å². The van der Waals surface area contributed by atoms with Gasteiger partial charge in [-0.3, -0.25) is 0 Å². The van der Waals surface area contributed by atoms with Crippen molar-refractivity contribution >= 4 is 17.4 Å². The Morgan fingerprint density at radius 1 is 1.37 bits per heavy atom. The molecule has 0 radical (unpaired) electrons. The van der Waals surface area contributed by atoms with Gasteiger partial charge < -0.3 is 10.1 Å². The van der Waals surface area contributed by atoms with Crippen molar-refractivity contribution in [2.75, 3.05) is 11.9 Å². The molecule has 1 aromatic carbocycles. The molecule has 0 bridgehead atoms. The lowest BCUT2D eigenvalue weighted by molar-refractivity contribution is 0.303. The van der Waals surface area contributed by atoms with Crippen LogP contribution in [0.1, 0.15) is 6.92 Å². The van der Waals surface area contributed by atoms with E-state index in [0.717, 1.165) is 0 Å². The summed E-state index contributed by atoms with van der Waals surface area (Å²) >= 11 is 5.93. The third-order valence-corrected chi connectivity index (χ3v) is 2.64. The lowest BCUT2D eigenvalue weighted by Crippen LogP contribution is -2.24. The van der Waals surface area contributed by atoms with Crippen molar-refractivity contribution in [1.82, 2.24) is 9.97 Å². The molecule has 19 heavy (non-hydrogen) atoms. The van der Waals surface area contributed by atoms with Gasteiger partial charge in [0.25, 0.3) is 0 Å². The number of hydrogen-bond acceptors (Lipinski definition) is 4. The zero-order valence-corrected chi connectivity index (χ0v) is 11.1. The fourth-order valence-electron chi connectivity index (χ4n) is 1.45. The van der Waals surface area contributed by atoms with Crippen molar-refractivity contribution in [2.45, 2.75) is 13.0 Å². The van der Waals surface area contributed by atoms with E-state index in [1.165, 1.54) is 24.7 Å². The second-order valence-corrected chi connectivity index (χ2v) is 4.44. The van der Waals surface area contributed by atoms with Gasteiger partial charge >= 0.3 is 0 Å². The molecule has 2 aromatic rings. The molecule has 0 spiro atoms. The van der Waals surface area contributed by atoms with Crippen LogP contribution in [0.3, 0.4) is 0 Å². The van der Waals surface area contributed by atoms with E-state index in [2.05, 4.69) is 15.3 Å². The zero-order chi connectivity index (χ0) is 13.7. The van der Waals surface area contributed by atoms with E-state index in [4.69, 9.17) is 16.3 Å². The maximum absolute atomic E-state index is 12.7. The quantitative estimate of drug-likeness (QED) is 0.914. The van der Waals surface area contributed by atoms with Crippen molar-refractivity contribution in [3.05, 3.63) is 47.6 Å². The Hall–Kier alpha value is -1.88. The predicted molar refractivity (Wildman–Crippen MR) is 72.0 cm³/mol. The van der Waals surface area contributed by atoms with E-state index in [-0.39, 0.29) is 11.9 Å². The topological polar surface area (TPSA) is 47.0 Å². The summed E-state index contributed by atoms with van der Waals surface area (Å²) in [6.07, 6.45) is 2.94. The molecule has 0 aliphatic carbocycles. The number of aromatic nitrogens is 2. The number of rotatable bonds is 5. The molecule has 1 aromatic heterocycles. The summed E-state index contributed by atoms with van der Waals surface area (Å²) < 4.78 is 18.2. The fraction of sp³-hybridized carbons (Fsp3) is 0.231. The van der Waals surface area contributed by atoms with Crippen LogP contribution in [0.25, 0.3) is 0 Å². The molecule has 0 fully saturated rings. The highest BCUT2D eigenvalue weighted by molar-refractivity contribution is 6.32. The van der Waals surface area contributed by atoms with Crippen molar-refractivity contribution in [3.63, 3.8) is 0 Å². The standard InChI is InChI=1S/C13H13ClFN3O/c1-9(18-13-12(14)6-16-8-17-13)7-19-11-4-2-10(15)3-5-11/h2-6,8-9H,7H2,1H3,(H,16,17,18). The highest BCUT2D eigenvalue weighted by atomic mass is 35.5. The van der Waals surface area contributed by atoms with E-state index in [1.54, 1.807) is 12.1 Å². The van der Waals surface area contributed by atoms with Crippen molar-refractivity contribution < 1.29 is 9.13 Å². The van der Waals surface area contributed by atoms with Crippen LogP contribution >= 0.6 is 11.6 Å². The molecular formula is C13H13ClFN3O. The summed E-state index contributed by atoms with van der Waals surface area (Å²) in [5.74, 6) is 0.891. The summed E-state index contributed by atoms with van der Waals surface area (Å²) in [6.45, 7) is 2.34. The average Bonchev–Trinajstić information content (AvgIpc) is 2.41. The minimum absolute atomic E-state index is 0.00236. The van der Waals surface area contributed by atoms with Gasteiger partial charge in [-0.15, -0.1) is 0 Å². The molecule has 6 heteroatoms. The number of halogens is 2. The molecule has 0 saturated heterocycles. The molecule has 100 valence electrons. The maximum Gasteiger partial charge on any atom is 0.148 e. The van der Waals surface area contributed by atoms with Gasteiger partial charge in [0, 0.05) is 0 Å². The van der Waals surface area contributed by atoms with Crippen LogP contribution in [0, 0.1) is 5.82 Å². The highest BCUT2D eigenvalue weighted by Gasteiger charge is 2.07. The van der Waals surface area contributed by atoms with Crippen molar-refractivity contribution in [2.24, 2.45) is 0 Å². The summed E-state index contributed by atoms with van der Waals surface area (Å²) in [7, 11) is 0. The summed E-state index contributed by atoms with van der Waals surface area (Å²) in [5, 5.41) is 3.56. The number of nitrogens with zero attached hydrogens (tertiary/aromatic N) is 2. The lowest BCUT2D eigenvalue weighted by Gasteiger charge is -2.16. The molecule has 0 aliphatic rings. The number of nitrogens with one attached hydrogen (secondary N) is 1. The van der Waals surface area contributed by atoms with Crippen LogP contribution in [0.5, 0.6) is 5.75 Å². The Kier molecular flexibility index (Phi) is 4.52. The maximum atomic E-state index is 12.7. The average molecular weight is 282 g/mol. The largest absolute Gasteiger partial charge is 0.491 e. The van der Waals surface area contributed by atoms with E-state index in [0.29, 0.717) is 23.2 Å². The van der Waals surface area contributed by atoms with Crippen molar-refractivity contribution in [3.8, 4) is 5.75 Å². The van der Waals surface area contributed by atoms with Crippen molar-refractivity contribution in [1.29, 1.82) is 0 Å². The number of ether oxygens (including phenoxy) is 1. The second-order valence-electron chi connectivity index (χ2n) is 4.03. The van der Waals surface area contributed by atoms with Gasteiger partial charge in [-0.25, -0.2) is 14.4 Å². The molecule has 1 unspecified atom stereocenters. The minimum atomic E-state index is -0.286. The Bertz CT molecular complexity index is 536. The summed E-state index contributed by atoms with van der Waals surface area (Å²) in [5.41, 5.74) is 0. The van der Waals surface area contributed by atoms with Crippen LogP contribution in [-0.2, 0) is 0 Å². The van der Waals surface area contributed by atoms with Gasteiger partial charge in [0.15, 0.2) is 0 Å². The smallest absolute Gasteiger partial charge is 0.148 e. The third-order valence-electron chi connectivity index (χ3n) is 2.36. The van der Waals surface area contributed by atoms with Gasteiger partial charge in [-0.2, -0.15) is 0 Å². The first-order chi connectivity index (χ1) is 9.15. The SMILES string of the molecule is CC(COc1ccc(F)cc1)Nc1ncncc1Cl. The van der Waals surface area contributed by atoms with Gasteiger partial charge in [0.05, 0.1) is 12.2 Å². The van der Waals surface area contributed by atoms with Crippen LogP contribution in [0.2, 0.25) is 5.02 Å². The van der Waals surface area contributed by atoms with Gasteiger partial charge in [0.1, 0.15) is 35.3 Å². The first kappa shape index (κ1) is 13.5. The minimum Gasteiger partial charge on any atom is -0.491 e. The second kappa shape index (κ2) is 6.33. The first-order valence-electron chi connectivity index (χ1n) is 5.75. The lowest BCUT2D eigenvalue weighted by atomic mass is 10.3. The van der Waals surface area contributed by atoms with Crippen LogP contribution in [0.15, 0.2) is 36.8 Å². The summed E-state index contributed by atoms with van der Waals surface area (Å²) in [4.78, 5) is 7.83. The monoisotopic (exact) mass is 281 g/mol. The number of anilines is 1. The van der Waals surface area contributed by atoms with Gasteiger partial charge in [-0.05, 0) is 31.2 Å². The Morgan fingerprint density at radius 2 is 2.11 bits per heavy atom. The number of hydrogen-bond donors (Lipinski definition) is 1. The molecule has 2 rings (SSSR count). The first-order valence-corrected chi connectivity index (χ1v) is 6.13. The molecule has 0 aliphatic heterocycles. The molecule has 1 atom stereocenters. The molecule has 1 heterocycles. The molecule has 0 amide bonds. The van der Waals surface area contributed by atoms with E-state index < -0.39 is 0 Å². The van der Waals surface area contributed by atoms with E-state index in [9.17, 15) is 4.39 Å². The fourth-order valence-corrected chi connectivity index (χ4v) is 1.61. The normalized spacial score (nSPS) is 11.9. The summed E-state index contributed by atoms with van der Waals surface area (Å²) in [6, 6.07) is 5.88. The molecule has 1 N–H and O–H groups in total. The van der Waals surface area contributed by atoms with Crippen LogP contribution in [0.4, 0.5) is 10.2 Å². The Labute approximate surface area is 115 Å². The van der Waals surface area contributed by atoms with E-state index >= 15 is 0 Å². The predicted octanol–water partition coefficient (Wildman–Crippen LogP) is 3.15. The van der Waals surface area contributed by atoms with Crippen LogP contribution in [-0.4, -0.2) is 22.6 Å². The third kappa shape index (κ3) is 4.06. The number of benzene rings is 1. The van der Waals surface area contributed by atoms with Crippen LogP contribution < -0.4 is 10.1 Å². The molecular weight excluding hydrogens is 269 g/mol. The Balaban J connectivity index is 1.86. The Morgan fingerprint density at radius 3 is 2.79 bits per heavy atom.